The van der Waals surface area contributed by atoms with Crippen LogP contribution in [0.4, 0.5) is 0 Å². The van der Waals surface area contributed by atoms with E-state index >= 15 is 0 Å². The van der Waals surface area contributed by atoms with Gasteiger partial charge in [0.1, 0.15) is 0 Å². The van der Waals surface area contributed by atoms with Gasteiger partial charge in [0.25, 0.3) is 0 Å². The first kappa shape index (κ1) is 13.9. The highest BCUT2D eigenvalue weighted by Crippen LogP contribution is 2.42. The average Bonchev–Trinajstić information content (AvgIpc) is 2.93. The van der Waals surface area contributed by atoms with Gasteiger partial charge in [-0.3, -0.25) is 9.88 Å². The van der Waals surface area contributed by atoms with E-state index in [4.69, 9.17) is 4.74 Å². The number of ether oxygens (including phenoxy) is 1. The minimum atomic E-state index is 0.392. The Kier molecular flexibility index (Phi) is 3.68. The summed E-state index contributed by atoms with van der Waals surface area (Å²) in [7, 11) is 0. The Labute approximate surface area is 131 Å². The molecule has 3 heteroatoms. The molecule has 3 heterocycles. The number of hydrogen-bond acceptors (Lipinski definition) is 3. The van der Waals surface area contributed by atoms with Gasteiger partial charge in [0.2, 0.25) is 0 Å². The van der Waals surface area contributed by atoms with Crippen molar-refractivity contribution in [2.24, 2.45) is 5.41 Å². The van der Waals surface area contributed by atoms with Crippen molar-refractivity contribution < 1.29 is 4.74 Å². The van der Waals surface area contributed by atoms with Gasteiger partial charge in [0.15, 0.2) is 0 Å². The molecule has 0 saturated carbocycles. The molecule has 1 spiro atoms. The quantitative estimate of drug-likeness (QED) is 0.867. The largest absolute Gasteiger partial charge is 0.377 e. The lowest BCUT2D eigenvalue weighted by Gasteiger charge is -2.47. The maximum atomic E-state index is 6.07. The molecule has 0 bridgehead atoms. The minimum Gasteiger partial charge on any atom is -0.377 e. The number of aromatic nitrogens is 1. The van der Waals surface area contributed by atoms with Gasteiger partial charge in [0.05, 0.1) is 12.7 Å². The van der Waals surface area contributed by atoms with E-state index in [1.807, 2.05) is 18.5 Å². The van der Waals surface area contributed by atoms with Crippen molar-refractivity contribution >= 4 is 0 Å². The molecule has 2 fully saturated rings. The van der Waals surface area contributed by atoms with Gasteiger partial charge >= 0.3 is 0 Å². The summed E-state index contributed by atoms with van der Waals surface area (Å²) >= 11 is 0. The number of rotatable bonds is 4. The number of hydrogen-bond donors (Lipinski definition) is 0. The van der Waals surface area contributed by atoms with Crippen LogP contribution in [0.5, 0.6) is 0 Å². The Morgan fingerprint density at radius 1 is 1.09 bits per heavy atom. The first-order valence-electron chi connectivity index (χ1n) is 8.08. The second-order valence-corrected chi connectivity index (χ2v) is 6.83. The van der Waals surface area contributed by atoms with Gasteiger partial charge in [-0.2, -0.15) is 0 Å². The van der Waals surface area contributed by atoms with Crippen LogP contribution in [0.15, 0.2) is 54.9 Å². The Hall–Kier alpha value is -1.71. The van der Waals surface area contributed by atoms with Crippen LogP contribution >= 0.6 is 0 Å². The summed E-state index contributed by atoms with van der Waals surface area (Å²) in [4.78, 5) is 6.70. The number of pyridine rings is 1. The number of benzene rings is 1. The fourth-order valence-electron chi connectivity index (χ4n) is 3.89. The van der Waals surface area contributed by atoms with E-state index < -0.39 is 0 Å². The Morgan fingerprint density at radius 3 is 2.68 bits per heavy atom. The molecule has 0 aliphatic carbocycles. The van der Waals surface area contributed by atoms with Crippen LogP contribution < -0.4 is 0 Å². The predicted molar refractivity (Wildman–Crippen MR) is 86.5 cm³/mol. The van der Waals surface area contributed by atoms with Crippen molar-refractivity contribution in [2.45, 2.75) is 25.5 Å². The molecule has 2 saturated heterocycles. The average molecular weight is 294 g/mol. The predicted octanol–water partition coefficient (Wildman–Crippen LogP) is 2.92. The molecule has 4 rings (SSSR count). The zero-order valence-corrected chi connectivity index (χ0v) is 12.8. The van der Waals surface area contributed by atoms with E-state index in [0.29, 0.717) is 11.5 Å². The van der Waals surface area contributed by atoms with Crippen molar-refractivity contribution in [1.82, 2.24) is 9.88 Å². The van der Waals surface area contributed by atoms with Crippen molar-refractivity contribution in [3.63, 3.8) is 0 Å². The Morgan fingerprint density at radius 2 is 1.91 bits per heavy atom. The minimum absolute atomic E-state index is 0.392. The smallest absolute Gasteiger partial charge is 0.0622 e. The van der Waals surface area contributed by atoms with E-state index in [2.05, 4.69) is 46.3 Å². The van der Waals surface area contributed by atoms with Crippen LogP contribution in [-0.4, -0.2) is 35.7 Å². The molecule has 22 heavy (non-hydrogen) atoms. The highest BCUT2D eigenvalue weighted by molar-refractivity contribution is 5.17. The normalized spacial score (nSPS) is 23.5. The van der Waals surface area contributed by atoms with Crippen LogP contribution in [-0.2, 0) is 17.7 Å². The third kappa shape index (κ3) is 2.92. The zero-order valence-electron chi connectivity index (χ0n) is 12.8. The molecule has 2 aliphatic rings. The van der Waals surface area contributed by atoms with Gasteiger partial charge in [-0.1, -0.05) is 36.4 Å². The molecular formula is C19H22N2O. The summed E-state index contributed by atoms with van der Waals surface area (Å²) in [6.07, 6.45) is 6.44. The van der Waals surface area contributed by atoms with Crippen LogP contribution in [0.1, 0.15) is 17.5 Å². The summed E-state index contributed by atoms with van der Waals surface area (Å²) in [5.74, 6) is 0. The maximum Gasteiger partial charge on any atom is 0.0622 e. The summed E-state index contributed by atoms with van der Waals surface area (Å²) in [5, 5.41) is 0. The van der Waals surface area contributed by atoms with Crippen LogP contribution in [0.2, 0.25) is 0 Å². The topological polar surface area (TPSA) is 25.4 Å². The lowest BCUT2D eigenvalue weighted by molar-refractivity contribution is -0.0141. The molecule has 0 N–H and O–H groups in total. The number of likely N-dealkylation sites (tertiary alicyclic amines) is 1. The van der Waals surface area contributed by atoms with Gasteiger partial charge in [-0.15, -0.1) is 0 Å². The molecule has 1 aromatic carbocycles. The molecule has 1 unspecified atom stereocenters. The van der Waals surface area contributed by atoms with E-state index in [9.17, 15) is 0 Å². The lowest BCUT2D eigenvalue weighted by atomic mass is 9.77. The molecular weight excluding hydrogens is 272 g/mol. The van der Waals surface area contributed by atoms with Crippen LogP contribution in [0.25, 0.3) is 0 Å². The van der Waals surface area contributed by atoms with Crippen molar-refractivity contribution in [2.75, 3.05) is 19.7 Å². The molecule has 1 aromatic heterocycles. The second kappa shape index (κ2) is 5.82. The van der Waals surface area contributed by atoms with Gasteiger partial charge < -0.3 is 4.74 Å². The lowest BCUT2D eigenvalue weighted by Crippen LogP contribution is -2.56. The fraction of sp³-hybridized carbons (Fsp3) is 0.421. The SMILES string of the molecule is c1ccc(CC2CC3(CO2)CN(Cc2cccnc2)C3)cc1. The molecule has 0 amide bonds. The summed E-state index contributed by atoms with van der Waals surface area (Å²) in [6.45, 7) is 4.26. The third-order valence-corrected chi connectivity index (χ3v) is 4.84. The second-order valence-electron chi connectivity index (χ2n) is 6.83. The molecule has 0 radical (unpaired) electrons. The molecule has 2 aliphatic heterocycles. The standard InChI is InChI=1S/C19H22N2O/c1-2-5-16(6-3-1)9-18-10-19(15-22-18)13-21(14-19)12-17-7-4-8-20-11-17/h1-8,11,18H,9-10,12-15H2. The fourth-order valence-corrected chi connectivity index (χ4v) is 3.89. The highest BCUT2D eigenvalue weighted by Gasteiger charge is 2.48. The van der Waals surface area contributed by atoms with E-state index in [1.54, 1.807) is 0 Å². The highest BCUT2D eigenvalue weighted by atomic mass is 16.5. The van der Waals surface area contributed by atoms with Crippen molar-refractivity contribution in [1.29, 1.82) is 0 Å². The Balaban J connectivity index is 1.29. The van der Waals surface area contributed by atoms with Crippen LogP contribution in [0.3, 0.4) is 0 Å². The first-order chi connectivity index (χ1) is 10.8. The van der Waals surface area contributed by atoms with Gasteiger partial charge in [0, 0.05) is 37.4 Å². The molecule has 2 aromatic rings. The van der Waals surface area contributed by atoms with Crippen LogP contribution in [0, 0.1) is 5.41 Å². The van der Waals surface area contributed by atoms with E-state index in [-0.39, 0.29) is 0 Å². The summed E-state index contributed by atoms with van der Waals surface area (Å²) < 4.78 is 6.07. The van der Waals surface area contributed by atoms with Crippen molar-refractivity contribution in [3.05, 3.63) is 66.0 Å². The molecule has 1 atom stereocenters. The van der Waals surface area contributed by atoms with E-state index in [1.165, 1.54) is 17.5 Å². The number of nitrogens with zero attached hydrogens (tertiary/aromatic N) is 2. The monoisotopic (exact) mass is 294 g/mol. The maximum absolute atomic E-state index is 6.07. The Bertz CT molecular complexity index is 608. The van der Waals surface area contributed by atoms with Gasteiger partial charge in [-0.05, 0) is 30.0 Å². The molecule has 3 nitrogen and oxygen atoms in total. The first-order valence-corrected chi connectivity index (χ1v) is 8.08. The third-order valence-electron chi connectivity index (χ3n) is 4.84. The van der Waals surface area contributed by atoms with Crippen molar-refractivity contribution in [3.8, 4) is 0 Å². The summed E-state index contributed by atoms with van der Waals surface area (Å²) in [6, 6.07) is 14.9. The molecule has 114 valence electrons. The van der Waals surface area contributed by atoms with Gasteiger partial charge in [-0.25, -0.2) is 0 Å². The zero-order chi connectivity index (χ0) is 14.8. The van der Waals surface area contributed by atoms with E-state index in [0.717, 1.165) is 32.7 Å². The summed E-state index contributed by atoms with van der Waals surface area (Å²) in [5.41, 5.74) is 3.09.